The summed E-state index contributed by atoms with van der Waals surface area (Å²) in [5, 5.41) is 40.3. The number of aliphatic hydroxyl groups is 4. The third kappa shape index (κ3) is 13.2. The van der Waals surface area contributed by atoms with E-state index in [1.165, 1.54) is 38.5 Å². The van der Waals surface area contributed by atoms with Crippen molar-refractivity contribution in [3.05, 3.63) is 0 Å². The van der Waals surface area contributed by atoms with E-state index in [1.807, 2.05) is 0 Å². The van der Waals surface area contributed by atoms with E-state index in [-0.39, 0.29) is 13.2 Å². The molecule has 0 aliphatic heterocycles. The number of rotatable bonds is 22. The molecule has 0 atom stereocenters. The van der Waals surface area contributed by atoms with Crippen LogP contribution >= 0.6 is 0 Å². The van der Waals surface area contributed by atoms with Crippen molar-refractivity contribution < 1.29 is 29.9 Å². The van der Waals surface area contributed by atoms with Crippen molar-refractivity contribution in [3.63, 3.8) is 0 Å². The molecule has 0 aliphatic carbocycles. The molecule has 0 amide bonds. The molecular formula is C25H52O6. The monoisotopic (exact) mass is 448 g/mol. The molecule has 0 spiro atoms. The van der Waals surface area contributed by atoms with Gasteiger partial charge in [0, 0.05) is 0 Å². The van der Waals surface area contributed by atoms with Crippen LogP contribution in [0.5, 0.6) is 0 Å². The fraction of sp³-hybridized carbons (Fsp3) is 1.00. The van der Waals surface area contributed by atoms with Gasteiger partial charge in [0.05, 0.1) is 33.0 Å². The van der Waals surface area contributed by atoms with E-state index in [9.17, 15) is 20.4 Å². The molecule has 0 unspecified atom stereocenters. The Morgan fingerprint density at radius 2 is 0.871 bits per heavy atom. The van der Waals surface area contributed by atoms with Crippen LogP contribution in [0.2, 0.25) is 0 Å². The van der Waals surface area contributed by atoms with Gasteiger partial charge in [0.25, 0.3) is 5.97 Å². The zero-order valence-corrected chi connectivity index (χ0v) is 20.8. The molecular weight excluding hydrogens is 396 g/mol. The van der Waals surface area contributed by atoms with Crippen LogP contribution in [0.15, 0.2) is 0 Å². The fourth-order valence-electron chi connectivity index (χ4n) is 3.59. The second-order valence-electron chi connectivity index (χ2n) is 9.93. The summed E-state index contributed by atoms with van der Waals surface area (Å²) in [5.74, 6) is -0.737. The summed E-state index contributed by atoms with van der Waals surface area (Å²) >= 11 is 0. The van der Waals surface area contributed by atoms with Gasteiger partial charge in [0.1, 0.15) is 5.41 Å². The third-order valence-electron chi connectivity index (χ3n) is 6.03. The smallest absolute Gasteiger partial charge is 0.293 e. The molecule has 6 nitrogen and oxygen atoms in total. The summed E-state index contributed by atoms with van der Waals surface area (Å²) in [4.78, 5) is 0. The van der Waals surface area contributed by atoms with Crippen LogP contribution in [0, 0.1) is 17.3 Å². The summed E-state index contributed by atoms with van der Waals surface area (Å²) in [6, 6.07) is 0. The highest BCUT2D eigenvalue weighted by Crippen LogP contribution is 2.34. The first kappa shape index (κ1) is 30.8. The van der Waals surface area contributed by atoms with Gasteiger partial charge in [-0.05, 0) is 24.7 Å². The van der Waals surface area contributed by atoms with Gasteiger partial charge in [-0.25, -0.2) is 0 Å². The maximum Gasteiger partial charge on any atom is 0.293 e. The van der Waals surface area contributed by atoms with Crippen molar-refractivity contribution in [1.29, 1.82) is 0 Å². The first-order valence-corrected chi connectivity index (χ1v) is 12.6. The van der Waals surface area contributed by atoms with E-state index in [4.69, 9.17) is 9.47 Å². The highest BCUT2D eigenvalue weighted by Gasteiger charge is 2.53. The van der Waals surface area contributed by atoms with Gasteiger partial charge in [0.2, 0.25) is 0 Å². The number of unbranched alkanes of at least 4 members (excludes halogenated alkanes) is 8. The Labute approximate surface area is 191 Å². The summed E-state index contributed by atoms with van der Waals surface area (Å²) in [6.07, 6.45) is 13.0. The summed E-state index contributed by atoms with van der Waals surface area (Å²) in [7, 11) is 0. The van der Waals surface area contributed by atoms with E-state index in [0.29, 0.717) is 0 Å². The lowest BCUT2D eigenvalue weighted by molar-refractivity contribution is -0.426. The molecule has 0 saturated carbocycles. The van der Waals surface area contributed by atoms with Crippen LogP contribution < -0.4 is 0 Å². The minimum Gasteiger partial charge on any atom is -0.395 e. The average Bonchev–Trinajstić information content (AvgIpc) is 2.73. The quantitative estimate of drug-likeness (QED) is 0.142. The normalized spacial score (nSPS) is 13.0. The molecule has 6 heteroatoms. The highest BCUT2D eigenvalue weighted by atomic mass is 16.8. The Morgan fingerprint density at radius 1 is 0.548 bits per heavy atom. The predicted molar refractivity (Wildman–Crippen MR) is 126 cm³/mol. The Bertz CT molecular complexity index is 363. The molecule has 188 valence electrons. The first-order valence-electron chi connectivity index (χ1n) is 12.6. The molecule has 0 aromatic rings. The van der Waals surface area contributed by atoms with Crippen molar-refractivity contribution in [3.8, 4) is 0 Å². The van der Waals surface area contributed by atoms with Gasteiger partial charge < -0.3 is 29.9 Å². The topological polar surface area (TPSA) is 99.4 Å². The lowest BCUT2D eigenvalue weighted by Crippen LogP contribution is -2.59. The third-order valence-corrected chi connectivity index (χ3v) is 6.03. The van der Waals surface area contributed by atoms with Gasteiger partial charge >= 0.3 is 0 Å². The SMILES string of the molecule is CC(C)CCCCCCCOC(O)(OCCCCCCCC(C)C)C(CO)(CO)CO. The first-order chi connectivity index (χ1) is 14.8. The fourth-order valence-corrected chi connectivity index (χ4v) is 3.59. The van der Waals surface area contributed by atoms with Crippen LogP contribution in [0.3, 0.4) is 0 Å². The van der Waals surface area contributed by atoms with E-state index < -0.39 is 31.2 Å². The van der Waals surface area contributed by atoms with Crippen molar-refractivity contribution in [1.82, 2.24) is 0 Å². The lowest BCUT2D eigenvalue weighted by Gasteiger charge is -2.42. The molecule has 0 rings (SSSR count). The largest absolute Gasteiger partial charge is 0.395 e. The van der Waals surface area contributed by atoms with E-state index >= 15 is 0 Å². The molecule has 0 aromatic carbocycles. The van der Waals surface area contributed by atoms with Crippen molar-refractivity contribution >= 4 is 0 Å². The van der Waals surface area contributed by atoms with Crippen LogP contribution in [-0.2, 0) is 9.47 Å². The maximum absolute atomic E-state index is 11.0. The van der Waals surface area contributed by atoms with Crippen LogP contribution in [0.25, 0.3) is 0 Å². The summed E-state index contributed by atoms with van der Waals surface area (Å²) in [6.45, 7) is 7.52. The number of ether oxygens (including phenoxy) is 2. The van der Waals surface area contributed by atoms with Gasteiger partial charge in [-0.3, -0.25) is 0 Å². The Kier molecular flexibility index (Phi) is 18.1. The molecule has 31 heavy (non-hydrogen) atoms. The number of aliphatic hydroxyl groups excluding tert-OH is 3. The summed E-state index contributed by atoms with van der Waals surface area (Å²) in [5.41, 5.74) is -1.67. The highest BCUT2D eigenvalue weighted by molar-refractivity contribution is 4.86. The minimum absolute atomic E-state index is 0.248. The Hall–Kier alpha value is -0.240. The Morgan fingerprint density at radius 3 is 1.19 bits per heavy atom. The van der Waals surface area contributed by atoms with Crippen molar-refractivity contribution in [2.75, 3.05) is 33.0 Å². The zero-order chi connectivity index (χ0) is 23.6. The van der Waals surface area contributed by atoms with Gasteiger partial charge in [-0.15, -0.1) is 0 Å². The molecule has 0 heterocycles. The molecule has 0 saturated heterocycles. The van der Waals surface area contributed by atoms with Gasteiger partial charge in [-0.1, -0.05) is 91.9 Å². The van der Waals surface area contributed by atoms with Crippen molar-refractivity contribution in [2.24, 2.45) is 17.3 Å². The predicted octanol–water partition coefficient (Wildman–Crippen LogP) is 4.62. The maximum atomic E-state index is 11.0. The molecule has 0 bridgehead atoms. The molecule has 0 fully saturated rings. The van der Waals surface area contributed by atoms with Crippen LogP contribution in [0.4, 0.5) is 0 Å². The van der Waals surface area contributed by atoms with Crippen molar-refractivity contribution in [2.45, 2.75) is 111 Å². The summed E-state index contributed by atoms with van der Waals surface area (Å²) < 4.78 is 11.3. The Balaban J connectivity index is 4.40. The number of hydrogen-bond donors (Lipinski definition) is 4. The van der Waals surface area contributed by atoms with E-state index in [2.05, 4.69) is 27.7 Å². The van der Waals surface area contributed by atoms with Crippen LogP contribution in [-0.4, -0.2) is 59.4 Å². The number of hydrogen-bond acceptors (Lipinski definition) is 6. The second-order valence-corrected chi connectivity index (χ2v) is 9.93. The second kappa shape index (κ2) is 18.2. The average molecular weight is 449 g/mol. The molecule has 4 N–H and O–H groups in total. The van der Waals surface area contributed by atoms with Gasteiger partial charge in [0.15, 0.2) is 0 Å². The minimum atomic E-state index is -2.21. The molecule has 0 aliphatic rings. The standard InChI is InChI=1S/C25H52O6/c1-22(2)15-11-7-5-9-13-17-30-25(29,24(19-26,20-27)21-28)31-18-14-10-6-8-12-16-23(3)4/h22-23,26-29H,5-21H2,1-4H3. The van der Waals surface area contributed by atoms with E-state index in [1.54, 1.807) is 0 Å². The molecule has 0 aromatic heterocycles. The lowest BCUT2D eigenvalue weighted by atomic mass is 9.87. The van der Waals surface area contributed by atoms with Crippen LogP contribution in [0.1, 0.15) is 105 Å². The van der Waals surface area contributed by atoms with E-state index in [0.717, 1.165) is 50.4 Å². The zero-order valence-electron chi connectivity index (χ0n) is 20.8. The van der Waals surface area contributed by atoms with Gasteiger partial charge in [-0.2, -0.15) is 0 Å². The molecule has 0 radical (unpaired) electrons.